The number of benzene rings is 1. The van der Waals surface area contributed by atoms with Crippen molar-refractivity contribution in [3.8, 4) is 0 Å². The molecule has 0 bridgehead atoms. The third kappa shape index (κ3) is 3.07. The molecule has 4 nitrogen and oxygen atoms in total. The molecule has 18 heavy (non-hydrogen) atoms. The molecule has 94 valence electrons. The Bertz CT molecular complexity index is 517. The molecule has 1 aromatic heterocycles. The maximum atomic E-state index is 5.22. The van der Waals surface area contributed by atoms with Gasteiger partial charge in [0.25, 0.3) is 0 Å². The van der Waals surface area contributed by atoms with E-state index in [4.69, 9.17) is 16.7 Å². The standard InChI is InChI=1S/C13H15N3OS/c1-9-12(10(2)17-16-9)8-14-13(18)15-11-6-4-3-5-7-11/h3-7H,8H2,1-2H3,(H2,14,15,18). The molecule has 0 saturated heterocycles. The molecule has 0 aliphatic rings. The second kappa shape index (κ2) is 5.64. The van der Waals surface area contributed by atoms with Crippen molar-refractivity contribution in [3.05, 3.63) is 47.3 Å². The van der Waals surface area contributed by atoms with Crippen LogP contribution in [-0.4, -0.2) is 10.3 Å². The minimum Gasteiger partial charge on any atom is -0.361 e. The number of nitrogens with zero attached hydrogens (tertiary/aromatic N) is 1. The summed E-state index contributed by atoms with van der Waals surface area (Å²) in [5.41, 5.74) is 2.91. The van der Waals surface area contributed by atoms with Gasteiger partial charge in [-0.05, 0) is 38.2 Å². The van der Waals surface area contributed by atoms with Gasteiger partial charge in [-0.2, -0.15) is 0 Å². The lowest BCUT2D eigenvalue weighted by atomic mass is 10.2. The van der Waals surface area contributed by atoms with Crippen LogP contribution in [0.5, 0.6) is 0 Å². The number of rotatable bonds is 3. The highest BCUT2D eigenvalue weighted by Crippen LogP contribution is 2.11. The van der Waals surface area contributed by atoms with Crippen LogP contribution in [-0.2, 0) is 6.54 Å². The number of aromatic nitrogens is 1. The molecule has 0 saturated carbocycles. The predicted octanol–water partition coefficient (Wildman–Crippen LogP) is 2.78. The summed E-state index contributed by atoms with van der Waals surface area (Å²) < 4.78 is 5.09. The van der Waals surface area contributed by atoms with Gasteiger partial charge in [-0.25, -0.2) is 0 Å². The minimum atomic E-state index is 0.584. The second-order valence-electron chi connectivity index (χ2n) is 3.98. The van der Waals surface area contributed by atoms with E-state index in [9.17, 15) is 0 Å². The molecule has 0 aliphatic heterocycles. The zero-order valence-electron chi connectivity index (χ0n) is 10.4. The lowest BCUT2D eigenvalue weighted by Gasteiger charge is -2.10. The molecule has 1 heterocycles. The average molecular weight is 261 g/mol. The van der Waals surface area contributed by atoms with Crippen LogP contribution in [0.2, 0.25) is 0 Å². The van der Waals surface area contributed by atoms with Crippen molar-refractivity contribution in [2.75, 3.05) is 5.32 Å². The van der Waals surface area contributed by atoms with Crippen LogP contribution in [0.1, 0.15) is 17.0 Å². The van der Waals surface area contributed by atoms with Gasteiger partial charge in [0.15, 0.2) is 5.11 Å². The summed E-state index contributed by atoms with van der Waals surface area (Å²) in [4.78, 5) is 0. The summed E-state index contributed by atoms with van der Waals surface area (Å²) in [7, 11) is 0. The van der Waals surface area contributed by atoms with Gasteiger partial charge in [0.05, 0.1) is 5.69 Å². The fourth-order valence-electron chi connectivity index (χ4n) is 1.62. The molecule has 0 spiro atoms. The topological polar surface area (TPSA) is 50.1 Å². The normalized spacial score (nSPS) is 10.1. The summed E-state index contributed by atoms with van der Waals surface area (Å²) in [5, 5.41) is 10.7. The van der Waals surface area contributed by atoms with Gasteiger partial charge in [0, 0.05) is 17.8 Å². The summed E-state index contributed by atoms with van der Waals surface area (Å²) in [6.45, 7) is 4.42. The van der Waals surface area contributed by atoms with E-state index >= 15 is 0 Å². The third-order valence-corrected chi connectivity index (χ3v) is 2.88. The molecular weight excluding hydrogens is 246 g/mol. The highest BCUT2D eigenvalue weighted by molar-refractivity contribution is 7.80. The number of aryl methyl sites for hydroxylation is 2. The fourth-order valence-corrected chi connectivity index (χ4v) is 1.81. The molecule has 0 fully saturated rings. The highest BCUT2D eigenvalue weighted by atomic mass is 32.1. The first-order valence-corrected chi connectivity index (χ1v) is 6.09. The number of para-hydroxylation sites is 1. The Kier molecular flexibility index (Phi) is 3.94. The molecular formula is C13H15N3OS. The number of nitrogens with one attached hydrogen (secondary N) is 2. The van der Waals surface area contributed by atoms with Crippen molar-refractivity contribution in [1.29, 1.82) is 0 Å². The van der Waals surface area contributed by atoms with Crippen LogP contribution in [0.4, 0.5) is 5.69 Å². The van der Waals surface area contributed by atoms with E-state index in [0.717, 1.165) is 22.7 Å². The molecule has 0 amide bonds. The Morgan fingerprint density at radius 3 is 2.61 bits per heavy atom. The molecule has 2 N–H and O–H groups in total. The van der Waals surface area contributed by atoms with Crippen LogP contribution in [0.25, 0.3) is 0 Å². The van der Waals surface area contributed by atoms with E-state index in [-0.39, 0.29) is 0 Å². The lowest BCUT2D eigenvalue weighted by Crippen LogP contribution is -2.28. The maximum absolute atomic E-state index is 5.22. The van der Waals surface area contributed by atoms with Crippen LogP contribution < -0.4 is 10.6 Å². The van der Waals surface area contributed by atoms with Crippen LogP contribution in [0.3, 0.4) is 0 Å². The van der Waals surface area contributed by atoms with E-state index in [2.05, 4.69) is 15.8 Å². The molecule has 0 unspecified atom stereocenters. The molecule has 0 radical (unpaired) electrons. The van der Waals surface area contributed by atoms with E-state index < -0.39 is 0 Å². The van der Waals surface area contributed by atoms with Crippen LogP contribution in [0.15, 0.2) is 34.9 Å². The van der Waals surface area contributed by atoms with Gasteiger partial charge >= 0.3 is 0 Å². The summed E-state index contributed by atoms with van der Waals surface area (Å²) in [6.07, 6.45) is 0. The molecule has 2 aromatic rings. The Labute approximate surface area is 111 Å². The van der Waals surface area contributed by atoms with Crippen LogP contribution in [0, 0.1) is 13.8 Å². The number of hydrogen-bond donors (Lipinski definition) is 2. The van der Waals surface area contributed by atoms with E-state index in [0.29, 0.717) is 11.7 Å². The third-order valence-electron chi connectivity index (χ3n) is 2.64. The smallest absolute Gasteiger partial charge is 0.171 e. The van der Waals surface area contributed by atoms with Gasteiger partial charge < -0.3 is 15.2 Å². The van der Waals surface area contributed by atoms with Crippen molar-refractivity contribution in [2.45, 2.75) is 20.4 Å². The molecule has 2 rings (SSSR count). The van der Waals surface area contributed by atoms with Gasteiger partial charge in [-0.1, -0.05) is 23.4 Å². The van der Waals surface area contributed by atoms with Gasteiger partial charge in [0.1, 0.15) is 5.76 Å². The SMILES string of the molecule is Cc1noc(C)c1CNC(=S)Nc1ccccc1. The Morgan fingerprint density at radius 1 is 1.28 bits per heavy atom. The average Bonchev–Trinajstić information content (AvgIpc) is 2.68. The maximum Gasteiger partial charge on any atom is 0.171 e. The van der Waals surface area contributed by atoms with Crippen molar-refractivity contribution < 1.29 is 4.52 Å². The van der Waals surface area contributed by atoms with E-state index in [1.807, 2.05) is 44.2 Å². The molecule has 0 aliphatic carbocycles. The van der Waals surface area contributed by atoms with Gasteiger partial charge in [-0.15, -0.1) is 0 Å². The number of anilines is 1. The Balaban J connectivity index is 1.89. The van der Waals surface area contributed by atoms with E-state index in [1.54, 1.807) is 0 Å². The second-order valence-corrected chi connectivity index (χ2v) is 4.38. The lowest BCUT2D eigenvalue weighted by molar-refractivity contribution is 0.392. The molecule has 5 heteroatoms. The van der Waals surface area contributed by atoms with E-state index in [1.165, 1.54) is 0 Å². The zero-order chi connectivity index (χ0) is 13.0. The van der Waals surface area contributed by atoms with Crippen molar-refractivity contribution in [1.82, 2.24) is 10.5 Å². The number of thiocarbonyl (C=S) groups is 1. The van der Waals surface area contributed by atoms with Crippen molar-refractivity contribution in [3.63, 3.8) is 0 Å². The summed E-state index contributed by atoms with van der Waals surface area (Å²) in [5.74, 6) is 0.822. The molecule has 0 atom stereocenters. The first-order chi connectivity index (χ1) is 8.66. The summed E-state index contributed by atoms with van der Waals surface area (Å²) in [6, 6.07) is 9.80. The number of hydrogen-bond acceptors (Lipinski definition) is 3. The quantitative estimate of drug-likeness (QED) is 0.832. The highest BCUT2D eigenvalue weighted by Gasteiger charge is 2.08. The zero-order valence-corrected chi connectivity index (χ0v) is 11.2. The Morgan fingerprint density at radius 2 is 2.00 bits per heavy atom. The first kappa shape index (κ1) is 12.6. The van der Waals surface area contributed by atoms with Crippen molar-refractivity contribution in [2.24, 2.45) is 0 Å². The fraction of sp³-hybridized carbons (Fsp3) is 0.231. The first-order valence-electron chi connectivity index (χ1n) is 5.68. The molecule has 1 aromatic carbocycles. The Hall–Kier alpha value is -1.88. The van der Waals surface area contributed by atoms with Gasteiger partial charge in [-0.3, -0.25) is 0 Å². The van der Waals surface area contributed by atoms with Crippen LogP contribution >= 0.6 is 12.2 Å². The summed E-state index contributed by atoms with van der Waals surface area (Å²) >= 11 is 5.22. The largest absolute Gasteiger partial charge is 0.361 e. The van der Waals surface area contributed by atoms with Gasteiger partial charge in [0.2, 0.25) is 0 Å². The monoisotopic (exact) mass is 261 g/mol. The van der Waals surface area contributed by atoms with Crippen molar-refractivity contribution >= 4 is 23.0 Å². The minimum absolute atomic E-state index is 0.584. The predicted molar refractivity (Wildman–Crippen MR) is 75.5 cm³/mol.